The molecule has 0 unspecified atom stereocenters. The average molecular weight is 364 g/mol. The third-order valence-electron chi connectivity index (χ3n) is 1.02. The van der Waals surface area contributed by atoms with E-state index >= 15 is 0 Å². The number of hydrogen-bond donors (Lipinski definition) is 5. The van der Waals surface area contributed by atoms with Crippen molar-refractivity contribution in [2.45, 2.75) is 0 Å². The molecule has 0 fully saturated rings. The second-order valence-electron chi connectivity index (χ2n) is 2.24. The lowest BCUT2D eigenvalue weighted by Crippen LogP contribution is -2.07. The molecule has 0 heterocycles. The van der Waals surface area contributed by atoms with Gasteiger partial charge in [0.15, 0.2) is 0 Å². The van der Waals surface area contributed by atoms with Crippen molar-refractivity contribution in [3.63, 3.8) is 0 Å². The predicted octanol–water partition coefficient (Wildman–Crippen LogP) is 1.75. The topological polar surface area (TPSA) is 102 Å². The molecule has 0 radical (unpaired) electrons. The van der Waals surface area contributed by atoms with Gasteiger partial charge in [-0.3, -0.25) is 0 Å². The third kappa shape index (κ3) is 12.0. The monoisotopic (exact) mass is 362 g/mol. The quantitative estimate of drug-likeness (QED) is 0.312. The molecule has 1 aromatic rings. The van der Waals surface area contributed by atoms with Crippen LogP contribution in [0, 0.1) is 0 Å². The first-order valence-corrected chi connectivity index (χ1v) is 6.63. The summed E-state index contributed by atoms with van der Waals surface area (Å²) in [6.07, 6.45) is 0. The average Bonchev–Trinajstić information content (AvgIpc) is 2.01. The van der Waals surface area contributed by atoms with Crippen LogP contribution < -0.4 is 9.88 Å². The molecule has 0 saturated carbocycles. The molecule has 0 aromatic heterocycles. The second kappa shape index (κ2) is 7.34. The molecule has 1 rings (SSSR count). The highest BCUT2D eigenvalue weighted by Gasteiger charge is 2.00. The normalized spacial score (nSPS) is 10.2. The van der Waals surface area contributed by atoms with Crippen LogP contribution in [0.25, 0.3) is 0 Å². The van der Waals surface area contributed by atoms with Gasteiger partial charge in [-0.1, -0.05) is 22.0 Å². The number of phosphoric acid groups is 1. The predicted molar refractivity (Wildman–Crippen MR) is 64.1 cm³/mol. The Bertz CT molecular complexity index is 337. The third-order valence-corrected chi connectivity index (χ3v) is 1.71. The van der Waals surface area contributed by atoms with Crippen LogP contribution in [0.5, 0.6) is 0 Å². The number of rotatable bonds is 2. The Morgan fingerprint density at radius 3 is 2.20 bits per heavy atom. The van der Waals surface area contributed by atoms with Gasteiger partial charge in [0.25, 0.3) is 0 Å². The van der Waals surface area contributed by atoms with Crippen molar-refractivity contribution in [3.8, 4) is 0 Å². The first-order chi connectivity index (χ1) is 6.83. The molecule has 0 spiro atoms. The van der Waals surface area contributed by atoms with Gasteiger partial charge in [0.1, 0.15) is 0 Å². The molecule has 0 aliphatic rings. The van der Waals surface area contributed by atoms with Gasteiger partial charge >= 0.3 is 7.82 Å². The molecule has 0 aliphatic heterocycles. The van der Waals surface area contributed by atoms with E-state index in [1.807, 2.05) is 24.3 Å². The number of hydrogen-bond acceptors (Lipinski definition) is 3. The Labute approximate surface area is 103 Å². The van der Waals surface area contributed by atoms with Gasteiger partial charge in [0, 0.05) is 20.6 Å². The van der Waals surface area contributed by atoms with E-state index in [4.69, 9.17) is 19.2 Å². The van der Waals surface area contributed by atoms with Crippen molar-refractivity contribution in [3.05, 3.63) is 28.7 Å². The first kappa shape index (κ1) is 15.0. The maximum atomic E-state index is 8.88. The van der Waals surface area contributed by atoms with E-state index in [9.17, 15) is 0 Å². The van der Waals surface area contributed by atoms with Crippen molar-refractivity contribution >= 4 is 45.6 Å². The van der Waals surface area contributed by atoms with Gasteiger partial charge in [-0.25, -0.2) is 4.57 Å². The molecule has 0 aliphatic carbocycles. The van der Waals surface area contributed by atoms with E-state index in [1.165, 1.54) is 0 Å². The fourth-order valence-electron chi connectivity index (χ4n) is 0.621. The minimum atomic E-state index is -4.64. The van der Waals surface area contributed by atoms with Gasteiger partial charge in [0.2, 0.25) is 0 Å². The highest BCUT2D eigenvalue weighted by molar-refractivity contribution is 9.10. The van der Waals surface area contributed by atoms with Gasteiger partial charge < -0.3 is 20.1 Å². The number of hydrazine groups is 1. The SMILES string of the molecule is BrNNc1cccc(Br)c1.O=P(O)(O)O. The van der Waals surface area contributed by atoms with Crippen LogP contribution >= 0.6 is 39.9 Å². The van der Waals surface area contributed by atoms with Crippen molar-refractivity contribution in [2.75, 3.05) is 5.43 Å². The molecule has 0 saturated heterocycles. The minimum absolute atomic E-state index is 1.01. The fraction of sp³-hybridized carbons (Fsp3) is 0. The summed E-state index contributed by atoms with van der Waals surface area (Å²) in [7, 11) is -4.64. The lowest BCUT2D eigenvalue weighted by Gasteiger charge is -2.01. The molecule has 86 valence electrons. The number of anilines is 1. The summed E-state index contributed by atoms with van der Waals surface area (Å²) in [6.45, 7) is 0. The number of benzene rings is 1. The van der Waals surface area contributed by atoms with E-state index in [1.54, 1.807) is 0 Å². The molecule has 9 heteroatoms. The summed E-state index contributed by atoms with van der Waals surface area (Å²) in [5, 5.41) is 0. The standard InChI is InChI=1S/C6H6Br2N2.H3O4P/c7-5-2-1-3-6(4-5)9-10-8;1-5(2,3)4/h1-4,9-10H;(H3,1,2,3,4). The molecule has 6 nitrogen and oxygen atoms in total. The van der Waals surface area contributed by atoms with Crippen LogP contribution in [0.15, 0.2) is 28.7 Å². The smallest absolute Gasteiger partial charge is 0.312 e. The summed E-state index contributed by atoms with van der Waals surface area (Å²) in [6, 6.07) is 7.85. The molecular formula is C6H9Br2N2O4P. The Morgan fingerprint density at radius 2 is 1.80 bits per heavy atom. The maximum absolute atomic E-state index is 8.88. The molecule has 5 N–H and O–H groups in total. The van der Waals surface area contributed by atoms with E-state index in [2.05, 4.69) is 42.0 Å². The maximum Gasteiger partial charge on any atom is 0.466 e. The highest BCUT2D eigenvalue weighted by Crippen LogP contribution is 2.25. The van der Waals surface area contributed by atoms with Crippen LogP contribution in [0.3, 0.4) is 0 Å². The summed E-state index contributed by atoms with van der Waals surface area (Å²) in [5.41, 5.74) is 3.89. The van der Waals surface area contributed by atoms with E-state index in [0.29, 0.717) is 0 Å². The van der Waals surface area contributed by atoms with E-state index < -0.39 is 7.82 Å². The molecule has 0 bridgehead atoms. The van der Waals surface area contributed by atoms with Gasteiger partial charge in [-0.05, 0) is 18.2 Å². The summed E-state index contributed by atoms with van der Waals surface area (Å²) < 4.78 is 12.6. The summed E-state index contributed by atoms with van der Waals surface area (Å²) in [5.74, 6) is 0. The van der Waals surface area contributed by atoms with Crippen LogP contribution in [-0.4, -0.2) is 14.7 Å². The Balaban J connectivity index is 0.000000336. The Morgan fingerprint density at radius 1 is 1.27 bits per heavy atom. The largest absolute Gasteiger partial charge is 0.466 e. The van der Waals surface area contributed by atoms with Gasteiger partial charge in [-0.2, -0.15) is 4.45 Å². The molecule has 1 aromatic carbocycles. The van der Waals surface area contributed by atoms with Crippen molar-refractivity contribution in [1.82, 2.24) is 4.45 Å². The number of halogens is 2. The lowest BCUT2D eigenvalue weighted by atomic mass is 10.3. The first-order valence-electron chi connectivity index (χ1n) is 3.48. The molecule has 0 amide bonds. The molecule has 0 atom stereocenters. The second-order valence-corrected chi connectivity index (χ2v) is 4.58. The summed E-state index contributed by atoms with van der Waals surface area (Å²) in [4.78, 5) is 21.6. The van der Waals surface area contributed by atoms with E-state index in [-0.39, 0.29) is 0 Å². The van der Waals surface area contributed by atoms with Crippen molar-refractivity contribution < 1.29 is 19.2 Å². The van der Waals surface area contributed by atoms with Gasteiger partial charge in [0.05, 0.1) is 5.69 Å². The molecular weight excluding hydrogens is 355 g/mol. The highest BCUT2D eigenvalue weighted by atomic mass is 79.9. The van der Waals surface area contributed by atoms with E-state index in [0.717, 1.165) is 10.2 Å². The minimum Gasteiger partial charge on any atom is -0.312 e. The zero-order valence-corrected chi connectivity index (χ0v) is 11.3. The fourth-order valence-corrected chi connectivity index (χ4v) is 1.25. The van der Waals surface area contributed by atoms with Crippen LogP contribution in [0.4, 0.5) is 5.69 Å². The van der Waals surface area contributed by atoms with Gasteiger partial charge in [-0.15, -0.1) is 0 Å². The summed E-state index contributed by atoms with van der Waals surface area (Å²) >= 11 is 6.38. The van der Waals surface area contributed by atoms with Crippen LogP contribution in [-0.2, 0) is 4.57 Å². The molecule has 15 heavy (non-hydrogen) atoms. The number of nitrogens with one attached hydrogen (secondary N) is 2. The van der Waals surface area contributed by atoms with Crippen LogP contribution in [0.2, 0.25) is 0 Å². The van der Waals surface area contributed by atoms with Crippen LogP contribution in [0.1, 0.15) is 0 Å². The Hall–Kier alpha value is 0.0500. The van der Waals surface area contributed by atoms with Crippen molar-refractivity contribution in [1.29, 1.82) is 0 Å². The Kier molecular flexibility index (Phi) is 7.37. The zero-order chi connectivity index (χ0) is 11.9. The lowest BCUT2D eigenvalue weighted by molar-refractivity contribution is 0.275. The van der Waals surface area contributed by atoms with Crippen molar-refractivity contribution in [2.24, 2.45) is 0 Å². The zero-order valence-electron chi connectivity index (χ0n) is 7.26.